The van der Waals surface area contributed by atoms with E-state index in [1.165, 1.54) is 19.4 Å². The molecule has 11 N–H and O–H groups in total. The molecule has 0 saturated heterocycles. The lowest BCUT2D eigenvalue weighted by atomic mass is 10.1. The van der Waals surface area contributed by atoms with Gasteiger partial charge in [-0.25, -0.2) is 9.78 Å². The molecule has 1 rings (SSSR count). The van der Waals surface area contributed by atoms with Crippen LogP contribution < -0.4 is 27.4 Å². The summed E-state index contributed by atoms with van der Waals surface area (Å²) in [7, 11) is 0. The zero-order valence-electron chi connectivity index (χ0n) is 17.1. The highest BCUT2D eigenvalue weighted by Gasteiger charge is 2.31. The number of nitrogens with one attached hydrogen (secondary N) is 4. The van der Waals surface area contributed by atoms with Crippen LogP contribution in [0.15, 0.2) is 12.5 Å². The first-order chi connectivity index (χ1) is 15.0. The van der Waals surface area contributed by atoms with Crippen molar-refractivity contribution >= 4 is 29.6 Å². The van der Waals surface area contributed by atoms with Gasteiger partial charge in [0, 0.05) is 18.3 Å². The van der Waals surface area contributed by atoms with Crippen molar-refractivity contribution < 1.29 is 39.3 Å². The molecule has 0 spiro atoms. The molecule has 15 heteroatoms. The molecule has 1 heterocycles. The second kappa shape index (κ2) is 12.3. The van der Waals surface area contributed by atoms with Crippen molar-refractivity contribution in [3.8, 4) is 0 Å². The van der Waals surface area contributed by atoms with Crippen LogP contribution >= 0.6 is 0 Å². The fourth-order valence-electron chi connectivity index (χ4n) is 2.45. The van der Waals surface area contributed by atoms with Crippen LogP contribution in [0.25, 0.3) is 0 Å². The molecule has 0 aliphatic rings. The Kier molecular flexibility index (Phi) is 10.2. The minimum Gasteiger partial charge on any atom is -0.480 e. The van der Waals surface area contributed by atoms with Gasteiger partial charge in [-0.3, -0.25) is 19.2 Å². The molecule has 5 unspecified atom stereocenters. The summed E-state index contributed by atoms with van der Waals surface area (Å²) in [6, 6.07) is -5.91. The van der Waals surface area contributed by atoms with E-state index in [1.807, 2.05) is 5.32 Å². The highest BCUT2D eigenvalue weighted by Crippen LogP contribution is 2.02. The van der Waals surface area contributed by atoms with E-state index in [-0.39, 0.29) is 6.42 Å². The molecule has 5 atom stereocenters. The quantitative estimate of drug-likeness (QED) is 0.136. The maximum Gasteiger partial charge on any atom is 0.326 e. The normalized spacial score (nSPS) is 15.5. The smallest absolute Gasteiger partial charge is 0.326 e. The SMILES string of the molecule is CC(O)C(N)C(=O)NC(Cc1cnc[nH]1)C(=O)NC(CO)C(=O)NC(CC(N)=O)C(=O)O. The number of aromatic nitrogens is 2. The second-order valence-corrected chi connectivity index (χ2v) is 6.92. The standard InChI is InChI=1S/C17H27N7O8/c1-7(26)13(19)16(30)22-9(2-8-4-20-6-21-8)14(28)24-11(5-25)15(29)23-10(17(31)32)3-12(18)27/h4,6-7,9-11,13,25-26H,2-3,5,19H2,1H3,(H2,18,27)(H,20,21)(H,22,30)(H,23,29)(H,24,28)(H,31,32). The van der Waals surface area contributed by atoms with Crippen molar-refractivity contribution in [2.45, 2.75) is 50.0 Å². The average molecular weight is 457 g/mol. The summed E-state index contributed by atoms with van der Waals surface area (Å²) < 4.78 is 0. The van der Waals surface area contributed by atoms with Gasteiger partial charge in [-0.15, -0.1) is 0 Å². The highest BCUT2D eigenvalue weighted by molar-refractivity contribution is 5.95. The van der Waals surface area contributed by atoms with E-state index in [2.05, 4.69) is 20.6 Å². The Hall–Kier alpha value is -3.56. The third-order valence-corrected chi connectivity index (χ3v) is 4.27. The van der Waals surface area contributed by atoms with Crippen LogP contribution in [0.1, 0.15) is 19.0 Å². The molecule has 0 bridgehead atoms. The van der Waals surface area contributed by atoms with E-state index >= 15 is 0 Å². The predicted octanol–water partition coefficient (Wildman–Crippen LogP) is -4.93. The summed E-state index contributed by atoms with van der Waals surface area (Å²) in [5.74, 6) is -5.39. The lowest BCUT2D eigenvalue weighted by molar-refractivity contribution is -0.144. The number of aliphatic carboxylic acids is 1. The van der Waals surface area contributed by atoms with E-state index in [0.29, 0.717) is 5.69 Å². The maximum absolute atomic E-state index is 12.7. The lowest BCUT2D eigenvalue weighted by Crippen LogP contribution is -2.59. The number of carboxylic acids is 1. The third kappa shape index (κ3) is 8.29. The summed E-state index contributed by atoms with van der Waals surface area (Å²) in [5.41, 5.74) is 11.0. The molecule has 4 amide bonds. The average Bonchev–Trinajstić information content (AvgIpc) is 3.22. The summed E-state index contributed by atoms with van der Waals surface area (Å²) in [6.07, 6.45) is 0.702. The monoisotopic (exact) mass is 457 g/mol. The van der Waals surface area contributed by atoms with Crippen molar-refractivity contribution in [2.75, 3.05) is 6.61 Å². The Bertz CT molecular complexity index is 814. The molecule has 32 heavy (non-hydrogen) atoms. The fourth-order valence-corrected chi connectivity index (χ4v) is 2.45. The molecule has 15 nitrogen and oxygen atoms in total. The van der Waals surface area contributed by atoms with Crippen LogP contribution in [-0.2, 0) is 30.4 Å². The molecule has 178 valence electrons. The van der Waals surface area contributed by atoms with E-state index in [4.69, 9.17) is 16.6 Å². The number of nitrogens with zero attached hydrogens (tertiary/aromatic N) is 1. The molecule has 0 aliphatic heterocycles. The van der Waals surface area contributed by atoms with Gasteiger partial charge in [0.1, 0.15) is 24.2 Å². The number of amides is 4. The Labute approximate surface area is 181 Å². The Balaban J connectivity index is 2.94. The number of carbonyl (C=O) groups is 5. The van der Waals surface area contributed by atoms with Crippen molar-refractivity contribution in [3.05, 3.63) is 18.2 Å². The van der Waals surface area contributed by atoms with E-state index in [9.17, 15) is 34.2 Å². The molecular formula is C17H27N7O8. The highest BCUT2D eigenvalue weighted by atomic mass is 16.4. The van der Waals surface area contributed by atoms with Gasteiger partial charge in [0.2, 0.25) is 23.6 Å². The topological polar surface area (TPSA) is 263 Å². The number of primary amides is 1. The van der Waals surface area contributed by atoms with Crippen LogP contribution in [0.5, 0.6) is 0 Å². The van der Waals surface area contributed by atoms with Crippen molar-refractivity contribution in [1.29, 1.82) is 0 Å². The first-order valence-corrected chi connectivity index (χ1v) is 9.40. The Morgan fingerprint density at radius 3 is 2.09 bits per heavy atom. The molecule has 1 aromatic rings. The number of hydrogen-bond acceptors (Lipinski definition) is 9. The number of imidazole rings is 1. The number of aliphatic hydroxyl groups is 2. The van der Waals surface area contributed by atoms with Crippen molar-refractivity contribution in [2.24, 2.45) is 11.5 Å². The van der Waals surface area contributed by atoms with Gasteiger partial charge in [0.05, 0.1) is 25.5 Å². The minimum absolute atomic E-state index is 0.108. The minimum atomic E-state index is -1.67. The first kappa shape index (κ1) is 26.5. The van der Waals surface area contributed by atoms with Crippen molar-refractivity contribution in [3.63, 3.8) is 0 Å². The summed E-state index contributed by atoms with van der Waals surface area (Å²) in [4.78, 5) is 65.9. The number of aliphatic hydroxyl groups excluding tert-OH is 2. The van der Waals surface area contributed by atoms with Crippen LogP contribution in [0.4, 0.5) is 0 Å². The van der Waals surface area contributed by atoms with Gasteiger partial charge in [-0.1, -0.05) is 0 Å². The van der Waals surface area contributed by atoms with Crippen LogP contribution in [0.2, 0.25) is 0 Å². The number of carboxylic acid groups (broad SMARTS) is 1. The molecule has 0 saturated carbocycles. The number of hydrogen-bond donors (Lipinski definition) is 9. The number of nitrogens with two attached hydrogens (primary N) is 2. The zero-order valence-corrected chi connectivity index (χ0v) is 17.1. The predicted molar refractivity (Wildman–Crippen MR) is 106 cm³/mol. The Morgan fingerprint density at radius 1 is 1.06 bits per heavy atom. The molecule has 0 fully saturated rings. The number of rotatable bonds is 13. The lowest BCUT2D eigenvalue weighted by Gasteiger charge is -2.24. The van der Waals surface area contributed by atoms with Gasteiger partial charge in [0.25, 0.3) is 0 Å². The number of aromatic amines is 1. The number of carbonyl (C=O) groups excluding carboxylic acids is 4. The summed E-state index contributed by atoms with van der Waals surface area (Å²) in [5, 5.41) is 34.6. The molecular weight excluding hydrogens is 430 g/mol. The fraction of sp³-hybridized carbons (Fsp3) is 0.529. The van der Waals surface area contributed by atoms with Gasteiger partial charge in [0.15, 0.2) is 0 Å². The van der Waals surface area contributed by atoms with Crippen LogP contribution in [-0.4, -0.2) is 91.8 Å². The first-order valence-electron chi connectivity index (χ1n) is 9.40. The number of H-pyrrole nitrogens is 1. The molecule has 1 aromatic heterocycles. The largest absolute Gasteiger partial charge is 0.480 e. The van der Waals surface area contributed by atoms with E-state index < -0.39 is 72.9 Å². The van der Waals surface area contributed by atoms with Crippen LogP contribution in [0.3, 0.4) is 0 Å². The van der Waals surface area contributed by atoms with Gasteiger partial charge < -0.3 is 47.7 Å². The molecule has 0 aromatic carbocycles. The van der Waals surface area contributed by atoms with Crippen molar-refractivity contribution in [1.82, 2.24) is 25.9 Å². The summed E-state index contributed by atoms with van der Waals surface area (Å²) in [6.45, 7) is 0.365. The Morgan fingerprint density at radius 2 is 1.62 bits per heavy atom. The molecule has 0 radical (unpaired) electrons. The second-order valence-electron chi connectivity index (χ2n) is 6.92. The van der Waals surface area contributed by atoms with Gasteiger partial charge in [-0.05, 0) is 6.92 Å². The maximum atomic E-state index is 12.7. The van der Waals surface area contributed by atoms with E-state index in [0.717, 1.165) is 0 Å². The van der Waals surface area contributed by atoms with Crippen LogP contribution in [0, 0.1) is 0 Å². The molecule has 0 aliphatic carbocycles. The van der Waals surface area contributed by atoms with E-state index in [1.54, 1.807) is 0 Å². The van der Waals surface area contributed by atoms with Gasteiger partial charge >= 0.3 is 5.97 Å². The third-order valence-electron chi connectivity index (χ3n) is 4.27. The zero-order chi connectivity index (χ0) is 24.4. The van der Waals surface area contributed by atoms with Gasteiger partial charge in [-0.2, -0.15) is 0 Å². The summed E-state index contributed by atoms with van der Waals surface area (Å²) >= 11 is 0.